The Labute approximate surface area is 92.5 Å². The van der Waals surface area contributed by atoms with Gasteiger partial charge < -0.3 is 0 Å². The summed E-state index contributed by atoms with van der Waals surface area (Å²) in [5.74, 6) is 0.538. The minimum absolute atomic E-state index is 0.185. The minimum Gasteiger partial charge on any atom is -0.299 e. The summed E-state index contributed by atoms with van der Waals surface area (Å²) in [5, 5.41) is 0. The van der Waals surface area contributed by atoms with Gasteiger partial charge in [-0.1, -0.05) is 37.6 Å². The first-order valence-electron chi connectivity index (χ1n) is 5.63. The highest BCUT2D eigenvalue weighted by atomic mass is 16.1. The van der Waals surface area contributed by atoms with E-state index in [0.717, 1.165) is 6.42 Å². The van der Waals surface area contributed by atoms with Crippen LogP contribution in [0.2, 0.25) is 0 Å². The number of Topliss-reactive ketones (excluding diaryl/α,β-unsaturated/α-hetero) is 1. The van der Waals surface area contributed by atoms with Crippen LogP contribution in [0.15, 0.2) is 18.2 Å². The Hall–Kier alpha value is -1.11. The van der Waals surface area contributed by atoms with E-state index in [2.05, 4.69) is 39.0 Å². The monoisotopic (exact) mass is 204 g/mol. The van der Waals surface area contributed by atoms with E-state index in [1.165, 1.54) is 16.7 Å². The van der Waals surface area contributed by atoms with Crippen LogP contribution in [-0.4, -0.2) is 5.78 Å². The highest BCUT2D eigenvalue weighted by molar-refractivity contribution is 5.83. The molecule has 1 aromatic carbocycles. The lowest BCUT2D eigenvalue weighted by Crippen LogP contribution is -2.13. The maximum atomic E-state index is 11.8. The summed E-state index contributed by atoms with van der Waals surface area (Å²) in [6.45, 7) is 8.20. The molecule has 1 rings (SSSR count). The largest absolute Gasteiger partial charge is 0.299 e. The zero-order chi connectivity index (χ0) is 11.4. The van der Waals surface area contributed by atoms with Crippen molar-refractivity contribution < 1.29 is 4.79 Å². The van der Waals surface area contributed by atoms with Crippen LogP contribution in [0.3, 0.4) is 0 Å². The van der Waals surface area contributed by atoms with Crippen LogP contribution in [0, 0.1) is 19.8 Å². The molecule has 1 heteroatoms. The SMILES string of the molecule is CCC(C)C(=O)Cc1cc(C)ccc1C. The van der Waals surface area contributed by atoms with E-state index < -0.39 is 0 Å². The molecule has 0 bridgehead atoms. The van der Waals surface area contributed by atoms with Gasteiger partial charge in [-0.15, -0.1) is 0 Å². The molecule has 0 N–H and O–H groups in total. The third kappa shape index (κ3) is 3.19. The smallest absolute Gasteiger partial charge is 0.140 e. The molecule has 1 atom stereocenters. The van der Waals surface area contributed by atoms with E-state index in [1.807, 2.05) is 6.92 Å². The molecule has 0 aliphatic heterocycles. The molecule has 1 nitrogen and oxygen atoms in total. The Morgan fingerprint density at radius 1 is 1.33 bits per heavy atom. The van der Waals surface area contributed by atoms with Crippen LogP contribution in [0.25, 0.3) is 0 Å². The normalized spacial score (nSPS) is 12.5. The third-order valence-corrected chi connectivity index (χ3v) is 3.03. The quantitative estimate of drug-likeness (QED) is 0.734. The van der Waals surface area contributed by atoms with Crippen molar-refractivity contribution in [3.8, 4) is 0 Å². The van der Waals surface area contributed by atoms with E-state index in [4.69, 9.17) is 0 Å². The van der Waals surface area contributed by atoms with Crippen molar-refractivity contribution in [3.05, 3.63) is 34.9 Å². The second kappa shape index (κ2) is 5.11. The molecular weight excluding hydrogens is 184 g/mol. The number of rotatable bonds is 4. The first-order chi connectivity index (χ1) is 7.04. The number of aryl methyl sites for hydroxylation is 2. The number of ketones is 1. The minimum atomic E-state index is 0.185. The highest BCUT2D eigenvalue weighted by Crippen LogP contribution is 2.14. The van der Waals surface area contributed by atoms with Crippen molar-refractivity contribution >= 4 is 5.78 Å². The van der Waals surface area contributed by atoms with Gasteiger partial charge in [0.1, 0.15) is 5.78 Å². The summed E-state index contributed by atoms with van der Waals surface area (Å²) in [7, 11) is 0. The van der Waals surface area contributed by atoms with Gasteiger partial charge in [-0.3, -0.25) is 4.79 Å². The molecule has 1 aromatic rings. The Kier molecular flexibility index (Phi) is 4.07. The van der Waals surface area contributed by atoms with Crippen LogP contribution in [-0.2, 0) is 11.2 Å². The predicted octanol–water partition coefficient (Wildman–Crippen LogP) is 3.46. The molecule has 15 heavy (non-hydrogen) atoms. The average molecular weight is 204 g/mol. The lowest BCUT2D eigenvalue weighted by molar-refractivity contribution is -0.121. The molecule has 0 spiro atoms. The Balaban J connectivity index is 2.80. The second-order valence-corrected chi connectivity index (χ2v) is 4.38. The molecule has 0 saturated carbocycles. The summed E-state index contributed by atoms with van der Waals surface area (Å²) in [6.07, 6.45) is 1.52. The average Bonchev–Trinajstić information content (AvgIpc) is 2.22. The number of hydrogen-bond acceptors (Lipinski definition) is 1. The van der Waals surface area contributed by atoms with E-state index in [-0.39, 0.29) is 5.92 Å². The Bertz CT molecular complexity index is 352. The Morgan fingerprint density at radius 2 is 2.00 bits per heavy atom. The van der Waals surface area contributed by atoms with Gasteiger partial charge in [-0.2, -0.15) is 0 Å². The number of carbonyl (C=O) groups is 1. The molecular formula is C14H20O. The molecule has 0 amide bonds. The molecule has 1 unspecified atom stereocenters. The number of carbonyl (C=O) groups excluding carboxylic acids is 1. The van der Waals surface area contributed by atoms with E-state index in [9.17, 15) is 4.79 Å². The van der Waals surface area contributed by atoms with Crippen molar-refractivity contribution in [1.82, 2.24) is 0 Å². The van der Waals surface area contributed by atoms with Crippen LogP contribution < -0.4 is 0 Å². The van der Waals surface area contributed by atoms with E-state index in [1.54, 1.807) is 0 Å². The molecule has 0 aromatic heterocycles. The zero-order valence-electron chi connectivity index (χ0n) is 10.1. The second-order valence-electron chi connectivity index (χ2n) is 4.38. The van der Waals surface area contributed by atoms with Gasteiger partial charge in [0, 0.05) is 12.3 Å². The topological polar surface area (TPSA) is 17.1 Å². The molecule has 0 saturated heterocycles. The standard InChI is InChI=1S/C14H20O/c1-5-11(3)14(15)9-13-8-10(2)6-7-12(13)4/h6-8,11H,5,9H2,1-4H3. The summed E-state index contributed by atoms with van der Waals surface area (Å²) in [6, 6.07) is 6.30. The first-order valence-corrected chi connectivity index (χ1v) is 5.63. The van der Waals surface area contributed by atoms with E-state index in [0.29, 0.717) is 12.2 Å². The van der Waals surface area contributed by atoms with Gasteiger partial charge in [0.15, 0.2) is 0 Å². The number of hydrogen-bond donors (Lipinski definition) is 0. The van der Waals surface area contributed by atoms with Gasteiger partial charge in [0.2, 0.25) is 0 Å². The van der Waals surface area contributed by atoms with Gasteiger partial charge in [0.05, 0.1) is 0 Å². The molecule has 0 aliphatic rings. The Morgan fingerprint density at radius 3 is 2.60 bits per heavy atom. The maximum Gasteiger partial charge on any atom is 0.140 e. The van der Waals surface area contributed by atoms with Gasteiger partial charge in [-0.05, 0) is 31.4 Å². The van der Waals surface area contributed by atoms with Gasteiger partial charge >= 0.3 is 0 Å². The van der Waals surface area contributed by atoms with Crippen molar-refractivity contribution in [3.63, 3.8) is 0 Å². The van der Waals surface area contributed by atoms with Crippen molar-refractivity contribution in [2.45, 2.75) is 40.5 Å². The van der Waals surface area contributed by atoms with Crippen LogP contribution >= 0.6 is 0 Å². The predicted molar refractivity (Wildman–Crippen MR) is 64.1 cm³/mol. The lowest BCUT2D eigenvalue weighted by Gasteiger charge is -2.10. The molecule has 82 valence electrons. The molecule has 0 heterocycles. The maximum absolute atomic E-state index is 11.8. The first kappa shape index (κ1) is 12.0. The van der Waals surface area contributed by atoms with Crippen molar-refractivity contribution in [2.75, 3.05) is 0 Å². The third-order valence-electron chi connectivity index (χ3n) is 3.03. The highest BCUT2D eigenvalue weighted by Gasteiger charge is 2.12. The lowest BCUT2D eigenvalue weighted by atomic mass is 9.94. The van der Waals surface area contributed by atoms with Crippen molar-refractivity contribution in [2.24, 2.45) is 5.92 Å². The molecule has 0 fully saturated rings. The van der Waals surface area contributed by atoms with Crippen molar-refractivity contribution in [1.29, 1.82) is 0 Å². The van der Waals surface area contributed by atoms with Crippen LogP contribution in [0.5, 0.6) is 0 Å². The fourth-order valence-corrected chi connectivity index (χ4v) is 1.58. The summed E-state index contributed by atoms with van der Waals surface area (Å²) in [5.41, 5.74) is 3.63. The summed E-state index contributed by atoms with van der Waals surface area (Å²) >= 11 is 0. The molecule has 0 aliphatic carbocycles. The summed E-state index contributed by atoms with van der Waals surface area (Å²) in [4.78, 5) is 11.8. The van der Waals surface area contributed by atoms with E-state index >= 15 is 0 Å². The van der Waals surface area contributed by atoms with Crippen LogP contribution in [0.1, 0.15) is 37.0 Å². The number of benzene rings is 1. The fraction of sp³-hybridized carbons (Fsp3) is 0.500. The molecule has 0 radical (unpaired) electrons. The summed E-state index contributed by atoms with van der Waals surface area (Å²) < 4.78 is 0. The van der Waals surface area contributed by atoms with Gasteiger partial charge in [0.25, 0.3) is 0 Å². The fourth-order valence-electron chi connectivity index (χ4n) is 1.58. The van der Waals surface area contributed by atoms with Gasteiger partial charge in [-0.25, -0.2) is 0 Å². The van der Waals surface area contributed by atoms with Crippen LogP contribution in [0.4, 0.5) is 0 Å². The zero-order valence-corrected chi connectivity index (χ0v) is 10.1.